The van der Waals surface area contributed by atoms with E-state index < -0.39 is 0 Å². The third-order valence-electron chi connectivity index (χ3n) is 2.40. The number of aliphatic hydroxyl groups excluding tert-OH is 1. The van der Waals surface area contributed by atoms with Gasteiger partial charge in [-0.2, -0.15) is 5.10 Å². The average molecular weight is 196 g/mol. The highest BCUT2D eigenvalue weighted by molar-refractivity contribution is 5.11. The van der Waals surface area contributed by atoms with Gasteiger partial charge in [0.2, 0.25) is 0 Å². The molecule has 1 heterocycles. The molecule has 0 spiro atoms. The van der Waals surface area contributed by atoms with Crippen LogP contribution in [-0.2, 0) is 7.05 Å². The summed E-state index contributed by atoms with van der Waals surface area (Å²) in [6.07, 6.45) is 1.49. The molecule has 0 saturated heterocycles. The van der Waals surface area contributed by atoms with E-state index in [1.165, 1.54) is 0 Å². The van der Waals surface area contributed by atoms with Crippen molar-refractivity contribution in [2.75, 3.05) is 0 Å². The molecule has 0 bridgehead atoms. The molecule has 1 N–H and O–H groups in total. The third-order valence-corrected chi connectivity index (χ3v) is 2.40. The summed E-state index contributed by atoms with van der Waals surface area (Å²) in [7, 11) is 1.88. The second kappa shape index (κ2) is 4.60. The van der Waals surface area contributed by atoms with Gasteiger partial charge in [0, 0.05) is 7.05 Å². The molecule has 0 aliphatic rings. The van der Waals surface area contributed by atoms with Crippen molar-refractivity contribution in [2.24, 2.45) is 13.0 Å². The Morgan fingerprint density at radius 2 is 2.07 bits per heavy atom. The van der Waals surface area contributed by atoms with Crippen LogP contribution in [0.1, 0.15) is 44.2 Å². The van der Waals surface area contributed by atoms with Crippen molar-refractivity contribution in [3.63, 3.8) is 0 Å². The summed E-state index contributed by atoms with van der Waals surface area (Å²) in [5.41, 5.74) is 1.88. The molecule has 3 heteroatoms. The number of rotatable bonds is 4. The van der Waals surface area contributed by atoms with Crippen LogP contribution in [0.15, 0.2) is 6.07 Å². The van der Waals surface area contributed by atoms with Gasteiger partial charge in [-0.3, -0.25) is 4.68 Å². The summed E-state index contributed by atoms with van der Waals surface area (Å²) in [5, 5.41) is 14.1. The maximum atomic E-state index is 9.90. The SMILES string of the molecule is Cc1cc(C(O)CCC(C)C)n(C)n1. The van der Waals surface area contributed by atoms with Gasteiger partial charge in [-0.25, -0.2) is 0 Å². The van der Waals surface area contributed by atoms with Crippen LogP contribution in [-0.4, -0.2) is 14.9 Å². The van der Waals surface area contributed by atoms with Gasteiger partial charge in [0.1, 0.15) is 0 Å². The molecule has 14 heavy (non-hydrogen) atoms. The maximum absolute atomic E-state index is 9.90. The molecule has 1 aromatic rings. The number of hydrogen-bond acceptors (Lipinski definition) is 2. The van der Waals surface area contributed by atoms with E-state index in [1.54, 1.807) is 4.68 Å². The smallest absolute Gasteiger partial charge is 0.0956 e. The van der Waals surface area contributed by atoms with Crippen molar-refractivity contribution in [3.05, 3.63) is 17.5 Å². The standard InChI is InChI=1S/C11H20N2O/c1-8(2)5-6-11(14)10-7-9(3)12-13(10)4/h7-8,11,14H,5-6H2,1-4H3. The fourth-order valence-corrected chi connectivity index (χ4v) is 1.58. The van der Waals surface area contributed by atoms with Crippen molar-refractivity contribution < 1.29 is 5.11 Å². The van der Waals surface area contributed by atoms with Crippen LogP contribution in [0.3, 0.4) is 0 Å². The lowest BCUT2D eigenvalue weighted by molar-refractivity contribution is 0.150. The van der Waals surface area contributed by atoms with E-state index >= 15 is 0 Å². The summed E-state index contributed by atoms with van der Waals surface area (Å²) in [5.74, 6) is 0.638. The van der Waals surface area contributed by atoms with Gasteiger partial charge in [0.05, 0.1) is 17.5 Å². The molecule has 0 aliphatic heterocycles. The van der Waals surface area contributed by atoms with E-state index in [0.29, 0.717) is 5.92 Å². The topological polar surface area (TPSA) is 38.0 Å². The lowest BCUT2D eigenvalue weighted by Crippen LogP contribution is -2.06. The van der Waals surface area contributed by atoms with Crippen molar-refractivity contribution in [1.82, 2.24) is 9.78 Å². The van der Waals surface area contributed by atoms with E-state index in [2.05, 4.69) is 18.9 Å². The minimum Gasteiger partial charge on any atom is -0.387 e. The normalized spacial score (nSPS) is 13.6. The summed E-state index contributed by atoms with van der Waals surface area (Å²) in [6.45, 7) is 6.28. The molecule has 0 saturated carbocycles. The van der Waals surface area contributed by atoms with Gasteiger partial charge in [0.25, 0.3) is 0 Å². The number of aryl methyl sites for hydroxylation is 2. The lowest BCUT2D eigenvalue weighted by atomic mass is 10.0. The first kappa shape index (κ1) is 11.2. The molecule has 1 aromatic heterocycles. The molecule has 0 aliphatic carbocycles. The van der Waals surface area contributed by atoms with Crippen LogP contribution < -0.4 is 0 Å². The summed E-state index contributed by atoms with van der Waals surface area (Å²) >= 11 is 0. The van der Waals surface area contributed by atoms with Crippen molar-refractivity contribution in [1.29, 1.82) is 0 Å². The summed E-state index contributed by atoms with van der Waals surface area (Å²) in [6, 6.07) is 1.95. The molecule has 0 amide bonds. The summed E-state index contributed by atoms with van der Waals surface area (Å²) < 4.78 is 1.76. The Kier molecular flexibility index (Phi) is 3.69. The molecule has 3 nitrogen and oxygen atoms in total. The largest absolute Gasteiger partial charge is 0.387 e. The Hall–Kier alpha value is -0.830. The first-order valence-corrected chi connectivity index (χ1v) is 5.19. The molecular formula is C11H20N2O. The minimum atomic E-state index is -0.372. The van der Waals surface area contributed by atoms with Gasteiger partial charge in [-0.1, -0.05) is 13.8 Å². The predicted octanol–water partition coefficient (Wildman–Crippen LogP) is 2.20. The molecule has 0 radical (unpaired) electrons. The number of aliphatic hydroxyl groups is 1. The molecular weight excluding hydrogens is 176 g/mol. The summed E-state index contributed by atoms with van der Waals surface area (Å²) in [4.78, 5) is 0. The first-order chi connectivity index (χ1) is 6.50. The molecule has 1 atom stereocenters. The Labute approximate surface area is 85.8 Å². The van der Waals surface area contributed by atoms with Gasteiger partial charge in [-0.05, 0) is 31.7 Å². The van der Waals surface area contributed by atoms with Crippen molar-refractivity contribution in [2.45, 2.75) is 39.7 Å². The fraction of sp³-hybridized carbons (Fsp3) is 0.727. The molecule has 0 aromatic carbocycles. The Morgan fingerprint density at radius 1 is 1.43 bits per heavy atom. The predicted molar refractivity (Wildman–Crippen MR) is 57.0 cm³/mol. The zero-order valence-electron chi connectivity index (χ0n) is 9.49. The van der Waals surface area contributed by atoms with Crippen LogP contribution in [0, 0.1) is 12.8 Å². The van der Waals surface area contributed by atoms with Gasteiger partial charge >= 0.3 is 0 Å². The highest BCUT2D eigenvalue weighted by Gasteiger charge is 2.12. The van der Waals surface area contributed by atoms with E-state index in [9.17, 15) is 5.11 Å². The Balaban J connectivity index is 2.60. The number of hydrogen-bond donors (Lipinski definition) is 1. The molecule has 80 valence electrons. The first-order valence-electron chi connectivity index (χ1n) is 5.19. The number of nitrogens with zero attached hydrogens (tertiary/aromatic N) is 2. The van der Waals surface area contributed by atoms with Gasteiger partial charge in [0.15, 0.2) is 0 Å². The van der Waals surface area contributed by atoms with Gasteiger partial charge in [-0.15, -0.1) is 0 Å². The monoisotopic (exact) mass is 196 g/mol. The number of aromatic nitrogens is 2. The quantitative estimate of drug-likeness (QED) is 0.801. The van der Waals surface area contributed by atoms with Crippen molar-refractivity contribution in [3.8, 4) is 0 Å². The highest BCUT2D eigenvalue weighted by atomic mass is 16.3. The van der Waals surface area contributed by atoms with Crippen molar-refractivity contribution >= 4 is 0 Å². The lowest BCUT2D eigenvalue weighted by Gasteiger charge is -2.11. The van der Waals surface area contributed by atoms with E-state index in [-0.39, 0.29) is 6.10 Å². The van der Waals surface area contributed by atoms with Crippen LogP contribution in [0.5, 0.6) is 0 Å². The van der Waals surface area contributed by atoms with E-state index in [1.807, 2.05) is 20.0 Å². The zero-order chi connectivity index (χ0) is 10.7. The van der Waals surface area contributed by atoms with Gasteiger partial charge < -0.3 is 5.11 Å². The fourth-order valence-electron chi connectivity index (χ4n) is 1.58. The minimum absolute atomic E-state index is 0.372. The third kappa shape index (κ3) is 2.84. The second-order valence-corrected chi connectivity index (χ2v) is 4.32. The molecule has 1 unspecified atom stereocenters. The van der Waals surface area contributed by atoms with E-state index in [0.717, 1.165) is 24.2 Å². The van der Waals surface area contributed by atoms with Crippen LogP contribution in [0.2, 0.25) is 0 Å². The maximum Gasteiger partial charge on any atom is 0.0956 e. The van der Waals surface area contributed by atoms with Crippen LogP contribution >= 0.6 is 0 Å². The zero-order valence-corrected chi connectivity index (χ0v) is 9.49. The Bertz CT molecular complexity index is 291. The molecule has 1 rings (SSSR count). The average Bonchev–Trinajstić information content (AvgIpc) is 2.41. The second-order valence-electron chi connectivity index (χ2n) is 4.32. The Morgan fingerprint density at radius 3 is 2.50 bits per heavy atom. The highest BCUT2D eigenvalue weighted by Crippen LogP contribution is 2.20. The van der Waals surface area contributed by atoms with E-state index in [4.69, 9.17) is 0 Å². The van der Waals surface area contributed by atoms with Crippen LogP contribution in [0.4, 0.5) is 0 Å². The van der Waals surface area contributed by atoms with Crippen LogP contribution in [0.25, 0.3) is 0 Å². The molecule has 0 fully saturated rings.